The summed E-state index contributed by atoms with van der Waals surface area (Å²) >= 11 is 0. The first-order valence-electron chi connectivity index (χ1n) is 10.1. The van der Waals surface area contributed by atoms with Crippen molar-refractivity contribution in [3.63, 3.8) is 0 Å². The molecule has 2 heterocycles. The second-order valence-corrected chi connectivity index (χ2v) is 7.63. The molecule has 166 valence electrons. The molecule has 0 aliphatic carbocycles. The molecule has 1 amide bonds. The molecule has 0 N–H and O–H groups in total. The normalized spacial score (nSPS) is 14.5. The SMILES string of the molecule is CN1CCN(C(=O)c2nn(-c3ccc(F)cc3)c(=O)n(Cc3ccc(F)cc3)c2=O)CC1. The summed E-state index contributed by atoms with van der Waals surface area (Å²) in [5.74, 6) is -1.53. The second kappa shape index (κ2) is 8.83. The van der Waals surface area contributed by atoms with E-state index in [1.807, 2.05) is 7.05 Å². The molecule has 1 fully saturated rings. The van der Waals surface area contributed by atoms with E-state index in [9.17, 15) is 23.2 Å². The summed E-state index contributed by atoms with van der Waals surface area (Å²) < 4.78 is 28.5. The molecule has 32 heavy (non-hydrogen) atoms. The molecule has 0 unspecified atom stereocenters. The standard InChI is InChI=1S/C22H21F2N5O3/c1-26-10-12-27(13-11-26)20(30)19-21(31)28(14-15-2-4-16(23)5-3-15)22(32)29(25-19)18-8-6-17(24)7-9-18/h2-9H,10-14H2,1H3. The predicted molar refractivity (Wildman–Crippen MR) is 113 cm³/mol. The Balaban J connectivity index is 1.83. The average molecular weight is 441 g/mol. The summed E-state index contributed by atoms with van der Waals surface area (Å²) in [6, 6.07) is 10.3. The first-order valence-corrected chi connectivity index (χ1v) is 10.1. The Kier molecular flexibility index (Phi) is 5.95. The zero-order valence-corrected chi connectivity index (χ0v) is 17.4. The van der Waals surface area contributed by atoms with Crippen LogP contribution in [0, 0.1) is 11.6 Å². The molecule has 1 aliphatic heterocycles. The van der Waals surface area contributed by atoms with Crippen molar-refractivity contribution in [2.75, 3.05) is 33.2 Å². The second-order valence-electron chi connectivity index (χ2n) is 7.63. The number of rotatable bonds is 4. The fourth-order valence-electron chi connectivity index (χ4n) is 3.47. The fraction of sp³-hybridized carbons (Fsp3) is 0.273. The molecule has 0 saturated carbocycles. The lowest BCUT2D eigenvalue weighted by Crippen LogP contribution is -2.51. The maximum absolute atomic E-state index is 13.4. The minimum absolute atomic E-state index is 0.176. The number of hydrogen-bond acceptors (Lipinski definition) is 5. The van der Waals surface area contributed by atoms with Gasteiger partial charge in [-0.25, -0.2) is 13.6 Å². The first-order chi connectivity index (χ1) is 15.3. The third-order valence-corrected chi connectivity index (χ3v) is 5.38. The number of benzene rings is 2. The van der Waals surface area contributed by atoms with E-state index in [4.69, 9.17) is 0 Å². The van der Waals surface area contributed by atoms with Crippen LogP contribution >= 0.6 is 0 Å². The van der Waals surface area contributed by atoms with E-state index >= 15 is 0 Å². The van der Waals surface area contributed by atoms with Gasteiger partial charge in [0, 0.05) is 26.2 Å². The Bertz CT molecular complexity index is 1240. The molecule has 10 heteroatoms. The smallest absolute Gasteiger partial charge is 0.335 e. The van der Waals surface area contributed by atoms with Crippen molar-refractivity contribution in [3.8, 4) is 5.69 Å². The summed E-state index contributed by atoms with van der Waals surface area (Å²) in [6.07, 6.45) is 0. The number of hydrogen-bond donors (Lipinski definition) is 0. The van der Waals surface area contributed by atoms with Gasteiger partial charge >= 0.3 is 5.69 Å². The van der Waals surface area contributed by atoms with Crippen LogP contribution in [-0.4, -0.2) is 63.3 Å². The van der Waals surface area contributed by atoms with Gasteiger partial charge in [0.2, 0.25) is 5.69 Å². The topological polar surface area (TPSA) is 80.4 Å². The van der Waals surface area contributed by atoms with Gasteiger partial charge in [-0.1, -0.05) is 12.1 Å². The fourth-order valence-corrected chi connectivity index (χ4v) is 3.47. The van der Waals surface area contributed by atoms with Crippen LogP contribution in [0.3, 0.4) is 0 Å². The largest absolute Gasteiger partial charge is 0.352 e. The molecule has 8 nitrogen and oxygen atoms in total. The first kappa shape index (κ1) is 21.6. The van der Waals surface area contributed by atoms with Crippen LogP contribution in [0.1, 0.15) is 16.1 Å². The van der Waals surface area contributed by atoms with Crippen LogP contribution in [0.15, 0.2) is 58.1 Å². The summed E-state index contributed by atoms with van der Waals surface area (Å²) in [5.41, 5.74) is -1.32. The molecule has 1 aromatic heterocycles. The number of halogens is 2. The molecule has 1 aliphatic rings. The third kappa shape index (κ3) is 4.35. The van der Waals surface area contributed by atoms with Gasteiger partial charge in [-0.2, -0.15) is 9.78 Å². The van der Waals surface area contributed by atoms with Gasteiger partial charge in [-0.15, -0.1) is 0 Å². The van der Waals surface area contributed by atoms with Crippen molar-refractivity contribution in [1.29, 1.82) is 0 Å². The van der Waals surface area contributed by atoms with Crippen LogP contribution in [0.5, 0.6) is 0 Å². The van der Waals surface area contributed by atoms with E-state index in [1.165, 1.54) is 41.3 Å². The minimum Gasteiger partial charge on any atom is -0.335 e. The van der Waals surface area contributed by atoms with E-state index in [2.05, 4.69) is 10.00 Å². The number of aromatic nitrogens is 3. The number of carbonyl (C=O) groups excluding carboxylic acids is 1. The molecular formula is C22H21F2N5O3. The van der Waals surface area contributed by atoms with Crippen LogP contribution in [0.2, 0.25) is 0 Å². The van der Waals surface area contributed by atoms with E-state index in [0.29, 0.717) is 31.7 Å². The Morgan fingerprint density at radius 3 is 2.06 bits per heavy atom. The third-order valence-electron chi connectivity index (χ3n) is 5.38. The van der Waals surface area contributed by atoms with Crippen LogP contribution in [-0.2, 0) is 6.54 Å². The van der Waals surface area contributed by atoms with Crippen molar-refractivity contribution in [2.45, 2.75) is 6.54 Å². The van der Waals surface area contributed by atoms with Crippen molar-refractivity contribution in [1.82, 2.24) is 24.1 Å². The number of amides is 1. The highest BCUT2D eigenvalue weighted by atomic mass is 19.1. The van der Waals surface area contributed by atoms with Crippen molar-refractivity contribution in [2.24, 2.45) is 0 Å². The van der Waals surface area contributed by atoms with Crippen LogP contribution in [0.25, 0.3) is 5.69 Å². The summed E-state index contributed by atoms with van der Waals surface area (Å²) in [5, 5.41) is 4.07. The van der Waals surface area contributed by atoms with E-state index in [-0.39, 0.29) is 12.2 Å². The monoisotopic (exact) mass is 441 g/mol. The lowest BCUT2D eigenvalue weighted by molar-refractivity contribution is 0.0652. The van der Waals surface area contributed by atoms with E-state index in [1.54, 1.807) is 0 Å². The van der Waals surface area contributed by atoms with E-state index in [0.717, 1.165) is 21.4 Å². The summed E-state index contributed by atoms with van der Waals surface area (Å²) in [6.45, 7) is 1.96. The maximum Gasteiger partial charge on any atom is 0.352 e. The number of piperazine rings is 1. The zero-order chi connectivity index (χ0) is 22.8. The highest BCUT2D eigenvalue weighted by Crippen LogP contribution is 2.09. The Morgan fingerprint density at radius 2 is 1.47 bits per heavy atom. The molecule has 1 saturated heterocycles. The lowest BCUT2D eigenvalue weighted by atomic mass is 10.2. The van der Waals surface area contributed by atoms with Gasteiger partial charge in [0.25, 0.3) is 11.5 Å². The molecular weight excluding hydrogens is 420 g/mol. The van der Waals surface area contributed by atoms with Crippen LogP contribution < -0.4 is 11.2 Å². The van der Waals surface area contributed by atoms with Gasteiger partial charge in [-0.3, -0.25) is 14.2 Å². The Morgan fingerprint density at radius 1 is 0.906 bits per heavy atom. The molecule has 0 spiro atoms. The Labute approximate surface area is 181 Å². The molecule has 0 atom stereocenters. The number of nitrogens with zero attached hydrogens (tertiary/aromatic N) is 5. The number of likely N-dealkylation sites (N-methyl/N-ethyl adjacent to an activating group) is 1. The van der Waals surface area contributed by atoms with Gasteiger partial charge < -0.3 is 9.80 Å². The molecule has 0 radical (unpaired) electrons. The zero-order valence-electron chi connectivity index (χ0n) is 17.4. The summed E-state index contributed by atoms with van der Waals surface area (Å²) in [4.78, 5) is 43.0. The van der Waals surface area contributed by atoms with Crippen molar-refractivity contribution < 1.29 is 13.6 Å². The maximum atomic E-state index is 13.4. The summed E-state index contributed by atoms with van der Waals surface area (Å²) in [7, 11) is 1.93. The highest BCUT2D eigenvalue weighted by Gasteiger charge is 2.27. The van der Waals surface area contributed by atoms with Crippen molar-refractivity contribution >= 4 is 5.91 Å². The van der Waals surface area contributed by atoms with Crippen molar-refractivity contribution in [3.05, 3.63) is 92.3 Å². The molecule has 0 bridgehead atoms. The lowest BCUT2D eigenvalue weighted by Gasteiger charge is -2.32. The van der Waals surface area contributed by atoms with Gasteiger partial charge in [0.15, 0.2) is 0 Å². The van der Waals surface area contributed by atoms with E-state index < -0.39 is 34.5 Å². The molecule has 3 aromatic rings. The molecule has 2 aromatic carbocycles. The molecule has 4 rings (SSSR count). The predicted octanol–water partition coefficient (Wildman–Crippen LogP) is 1.11. The average Bonchev–Trinajstić information content (AvgIpc) is 2.79. The van der Waals surface area contributed by atoms with Gasteiger partial charge in [-0.05, 0) is 49.0 Å². The number of carbonyl (C=O) groups is 1. The minimum atomic E-state index is -0.832. The highest BCUT2D eigenvalue weighted by molar-refractivity contribution is 5.92. The van der Waals surface area contributed by atoms with Crippen LogP contribution in [0.4, 0.5) is 8.78 Å². The van der Waals surface area contributed by atoms with Gasteiger partial charge in [0.05, 0.1) is 12.2 Å². The quantitative estimate of drug-likeness (QED) is 0.606. The Hall–Kier alpha value is -3.66. The van der Waals surface area contributed by atoms with Gasteiger partial charge in [0.1, 0.15) is 11.6 Å².